The van der Waals surface area contributed by atoms with Crippen molar-refractivity contribution in [2.24, 2.45) is 5.92 Å². The quantitative estimate of drug-likeness (QED) is 0.780. The maximum Gasteiger partial charge on any atom is 0.261 e. The number of aromatic nitrogens is 2. The van der Waals surface area contributed by atoms with Crippen molar-refractivity contribution in [2.45, 2.75) is 46.2 Å². The molecule has 1 aromatic heterocycles. The Kier molecular flexibility index (Phi) is 6.60. The fourth-order valence-corrected chi connectivity index (χ4v) is 2.55. The summed E-state index contributed by atoms with van der Waals surface area (Å²) in [5.74, 6) is 1.40. The highest BCUT2D eigenvalue weighted by Gasteiger charge is 2.13. The zero-order valence-electron chi connectivity index (χ0n) is 16.0. The second-order valence-electron chi connectivity index (χ2n) is 6.67. The average molecular weight is 361 g/mol. The van der Waals surface area contributed by atoms with Crippen molar-refractivity contribution in [1.82, 2.24) is 14.9 Å². The summed E-state index contributed by atoms with van der Waals surface area (Å²) in [4.78, 5) is 28.9. The van der Waals surface area contributed by atoms with Crippen molar-refractivity contribution in [3.05, 3.63) is 28.8 Å². The molecule has 0 fully saturated rings. The van der Waals surface area contributed by atoms with E-state index in [1.54, 1.807) is 12.1 Å². The van der Waals surface area contributed by atoms with E-state index in [0.29, 0.717) is 47.7 Å². The van der Waals surface area contributed by atoms with Crippen LogP contribution in [0.25, 0.3) is 10.9 Å². The maximum absolute atomic E-state index is 12.7. The number of ether oxygens (including phenoxy) is 2. The van der Waals surface area contributed by atoms with E-state index in [9.17, 15) is 9.59 Å². The van der Waals surface area contributed by atoms with Crippen LogP contribution in [-0.4, -0.2) is 35.7 Å². The molecule has 26 heavy (non-hydrogen) atoms. The first-order chi connectivity index (χ1) is 12.4. The molecule has 2 aromatic rings. The lowest BCUT2D eigenvalue weighted by Crippen LogP contribution is -2.36. The molecule has 1 heterocycles. The highest BCUT2D eigenvalue weighted by molar-refractivity contribution is 5.81. The number of aryl methyl sites for hydroxylation is 1. The number of fused-ring (bicyclic) bond motifs is 1. The van der Waals surface area contributed by atoms with E-state index in [0.717, 1.165) is 0 Å². The molecule has 7 nitrogen and oxygen atoms in total. The van der Waals surface area contributed by atoms with Crippen LogP contribution in [0.1, 0.15) is 33.6 Å². The number of methoxy groups -OCH3 is 2. The van der Waals surface area contributed by atoms with Crippen LogP contribution >= 0.6 is 0 Å². The van der Waals surface area contributed by atoms with Gasteiger partial charge in [0, 0.05) is 25.1 Å². The molecule has 1 amide bonds. The highest BCUT2D eigenvalue weighted by Crippen LogP contribution is 2.29. The SMILES string of the molecule is COc1cc2ncn(CCCC(=O)NC(C)C(C)C)c(=O)c2cc1OC. The lowest BCUT2D eigenvalue weighted by atomic mass is 10.1. The lowest BCUT2D eigenvalue weighted by molar-refractivity contribution is -0.122. The van der Waals surface area contributed by atoms with E-state index < -0.39 is 0 Å². The summed E-state index contributed by atoms with van der Waals surface area (Å²) in [7, 11) is 3.06. The van der Waals surface area contributed by atoms with Crippen LogP contribution in [0.4, 0.5) is 0 Å². The van der Waals surface area contributed by atoms with Crippen molar-refractivity contribution in [3.8, 4) is 11.5 Å². The summed E-state index contributed by atoms with van der Waals surface area (Å²) in [5, 5.41) is 3.43. The molecule has 0 aliphatic heterocycles. The van der Waals surface area contributed by atoms with Gasteiger partial charge in [-0.25, -0.2) is 4.98 Å². The normalized spacial score (nSPS) is 12.2. The number of nitrogens with zero attached hydrogens (tertiary/aromatic N) is 2. The molecule has 0 bridgehead atoms. The van der Waals surface area contributed by atoms with Crippen molar-refractivity contribution in [3.63, 3.8) is 0 Å². The third kappa shape index (κ3) is 4.53. The predicted octanol–water partition coefficient (Wildman–Crippen LogP) is 2.35. The Morgan fingerprint density at radius 1 is 1.19 bits per heavy atom. The van der Waals surface area contributed by atoms with E-state index >= 15 is 0 Å². The second kappa shape index (κ2) is 8.69. The van der Waals surface area contributed by atoms with Gasteiger partial charge >= 0.3 is 0 Å². The summed E-state index contributed by atoms with van der Waals surface area (Å²) in [6, 6.07) is 3.45. The smallest absolute Gasteiger partial charge is 0.261 e. The van der Waals surface area contributed by atoms with Crippen molar-refractivity contribution in [1.29, 1.82) is 0 Å². The van der Waals surface area contributed by atoms with E-state index in [1.807, 2.05) is 6.92 Å². The molecule has 0 saturated heterocycles. The minimum Gasteiger partial charge on any atom is -0.493 e. The summed E-state index contributed by atoms with van der Waals surface area (Å²) in [5.41, 5.74) is 0.388. The number of carbonyl (C=O) groups is 1. The summed E-state index contributed by atoms with van der Waals surface area (Å²) in [6.45, 7) is 6.55. The van der Waals surface area contributed by atoms with Crippen LogP contribution in [0, 0.1) is 5.92 Å². The number of benzene rings is 1. The minimum atomic E-state index is -0.160. The fraction of sp³-hybridized carbons (Fsp3) is 0.526. The van der Waals surface area contributed by atoms with E-state index in [-0.39, 0.29) is 17.5 Å². The van der Waals surface area contributed by atoms with Gasteiger partial charge in [-0.1, -0.05) is 13.8 Å². The van der Waals surface area contributed by atoms with Crippen molar-refractivity contribution < 1.29 is 14.3 Å². The van der Waals surface area contributed by atoms with Gasteiger partial charge in [-0.15, -0.1) is 0 Å². The third-order valence-electron chi connectivity index (χ3n) is 4.52. The summed E-state index contributed by atoms with van der Waals surface area (Å²) in [6.07, 6.45) is 2.44. The van der Waals surface area contributed by atoms with Crippen LogP contribution in [0.15, 0.2) is 23.3 Å². The summed E-state index contributed by atoms with van der Waals surface area (Å²) >= 11 is 0. The van der Waals surface area contributed by atoms with Crippen LogP contribution < -0.4 is 20.3 Å². The van der Waals surface area contributed by atoms with Gasteiger partial charge in [0.05, 0.1) is 31.4 Å². The Morgan fingerprint density at radius 2 is 1.85 bits per heavy atom. The number of hydrogen-bond acceptors (Lipinski definition) is 5. The molecule has 0 radical (unpaired) electrons. The molecule has 0 aliphatic carbocycles. The van der Waals surface area contributed by atoms with Crippen molar-refractivity contribution >= 4 is 16.8 Å². The Balaban J connectivity index is 2.10. The van der Waals surface area contributed by atoms with Gasteiger partial charge in [0.2, 0.25) is 5.91 Å². The molecule has 1 N–H and O–H groups in total. The van der Waals surface area contributed by atoms with Crippen molar-refractivity contribution in [2.75, 3.05) is 14.2 Å². The average Bonchev–Trinajstić information content (AvgIpc) is 2.62. The first-order valence-corrected chi connectivity index (χ1v) is 8.78. The Labute approximate surface area is 153 Å². The van der Waals surface area contributed by atoms with Gasteiger partial charge in [0.1, 0.15) is 0 Å². The molecular formula is C19H27N3O4. The zero-order valence-corrected chi connectivity index (χ0v) is 16.0. The fourth-order valence-electron chi connectivity index (χ4n) is 2.55. The molecule has 1 aromatic carbocycles. The Morgan fingerprint density at radius 3 is 2.46 bits per heavy atom. The standard InChI is InChI=1S/C19H27N3O4/c1-12(2)13(3)21-18(23)7-6-8-22-11-20-15-10-17(26-5)16(25-4)9-14(15)19(22)24/h9-13H,6-8H2,1-5H3,(H,21,23). The number of nitrogens with one attached hydrogen (secondary N) is 1. The lowest BCUT2D eigenvalue weighted by Gasteiger charge is -2.17. The molecule has 0 saturated carbocycles. The molecule has 2 rings (SSSR count). The van der Waals surface area contributed by atoms with Crippen LogP contribution in [0.3, 0.4) is 0 Å². The molecule has 1 atom stereocenters. The molecule has 0 spiro atoms. The third-order valence-corrected chi connectivity index (χ3v) is 4.52. The van der Waals surface area contributed by atoms with Gasteiger partial charge in [0.25, 0.3) is 5.56 Å². The molecule has 142 valence electrons. The maximum atomic E-state index is 12.7. The largest absolute Gasteiger partial charge is 0.493 e. The van der Waals surface area contributed by atoms with Gasteiger partial charge < -0.3 is 14.8 Å². The minimum absolute atomic E-state index is 0.000553. The van der Waals surface area contributed by atoms with Gasteiger partial charge in [-0.05, 0) is 25.3 Å². The second-order valence-corrected chi connectivity index (χ2v) is 6.67. The molecule has 7 heteroatoms. The van der Waals surface area contributed by atoms with E-state index in [2.05, 4.69) is 24.1 Å². The molecule has 0 aliphatic rings. The van der Waals surface area contributed by atoms with Crippen LogP contribution in [0.2, 0.25) is 0 Å². The number of rotatable bonds is 8. The van der Waals surface area contributed by atoms with Crippen LogP contribution in [-0.2, 0) is 11.3 Å². The number of carbonyl (C=O) groups excluding carboxylic acids is 1. The monoisotopic (exact) mass is 361 g/mol. The number of amides is 1. The predicted molar refractivity (Wildman–Crippen MR) is 101 cm³/mol. The first kappa shape index (κ1) is 19.8. The topological polar surface area (TPSA) is 82.5 Å². The first-order valence-electron chi connectivity index (χ1n) is 8.78. The van der Waals surface area contributed by atoms with Gasteiger partial charge in [-0.2, -0.15) is 0 Å². The summed E-state index contributed by atoms with van der Waals surface area (Å²) < 4.78 is 12.0. The van der Waals surface area contributed by atoms with Crippen LogP contribution in [0.5, 0.6) is 11.5 Å². The zero-order chi connectivity index (χ0) is 19.3. The van der Waals surface area contributed by atoms with E-state index in [4.69, 9.17) is 9.47 Å². The highest BCUT2D eigenvalue weighted by atomic mass is 16.5. The molecular weight excluding hydrogens is 334 g/mol. The Bertz CT molecular complexity index is 829. The number of hydrogen-bond donors (Lipinski definition) is 1. The molecule has 1 unspecified atom stereocenters. The van der Waals surface area contributed by atoms with Gasteiger partial charge in [-0.3, -0.25) is 14.2 Å². The van der Waals surface area contributed by atoms with E-state index in [1.165, 1.54) is 25.1 Å². The Hall–Kier alpha value is -2.57. The van der Waals surface area contributed by atoms with Gasteiger partial charge in [0.15, 0.2) is 11.5 Å².